The van der Waals surface area contributed by atoms with Crippen molar-refractivity contribution in [2.75, 3.05) is 6.61 Å². The number of para-hydroxylation sites is 1. The molecule has 2 aromatic rings. The van der Waals surface area contributed by atoms with Crippen LogP contribution in [0, 0.1) is 5.92 Å². The van der Waals surface area contributed by atoms with Gasteiger partial charge in [-0.1, -0.05) is 18.2 Å². The van der Waals surface area contributed by atoms with Crippen molar-refractivity contribution in [3.8, 4) is 11.7 Å². The summed E-state index contributed by atoms with van der Waals surface area (Å²) in [5.74, 6) is 0.781. The van der Waals surface area contributed by atoms with E-state index in [0.717, 1.165) is 6.42 Å². The van der Waals surface area contributed by atoms with Crippen LogP contribution in [-0.2, 0) is 9.53 Å². The molecule has 2 heterocycles. The lowest BCUT2D eigenvalue weighted by molar-refractivity contribution is -0.124. The second-order valence-corrected chi connectivity index (χ2v) is 6.55. The molecule has 2 amide bonds. The fraction of sp³-hybridized carbons (Fsp3) is 0.368. The number of fused-ring (bicyclic) bond motifs is 1. The second kappa shape index (κ2) is 6.84. The average molecular weight is 356 g/mol. The summed E-state index contributed by atoms with van der Waals surface area (Å²) < 4.78 is 16.7. The van der Waals surface area contributed by atoms with E-state index in [9.17, 15) is 9.59 Å². The van der Waals surface area contributed by atoms with E-state index in [2.05, 4.69) is 10.6 Å². The maximum Gasteiger partial charge on any atom is 0.290 e. The van der Waals surface area contributed by atoms with Gasteiger partial charge in [0.2, 0.25) is 5.91 Å². The van der Waals surface area contributed by atoms with Crippen LogP contribution in [0.1, 0.15) is 23.9 Å². The van der Waals surface area contributed by atoms with E-state index < -0.39 is 0 Å². The molecule has 4 rings (SSSR count). The summed E-state index contributed by atoms with van der Waals surface area (Å²) in [6.07, 6.45) is 0.837. The topological polar surface area (TPSA) is 89.8 Å². The molecule has 2 aliphatic rings. The molecule has 7 nitrogen and oxygen atoms in total. The monoisotopic (exact) mass is 356 g/mol. The van der Waals surface area contributed by atoms with Crippen molar-refractivity contribution in [1.82, 2.24) is 10.6 Å². The molecule has 1 aromatic carbocycles. The number of benzene rings is 1. The van der Waals surface area contributed by atoms with Crippen molar-refractivity contribution in [3.63, 3.8) is 0 Å². The lowest BCUT2D eigenvalue weighted by atomic mass is 9.71. The summed E-state index contributed by atoms with van der Waals surface area (Å²) in [5.41, 5.74) is 0. The highest BCUT2D eigenvalue weighted by Gasteiger charge is 2.55. The minimum Gasteiger partial charge on any atom is -0.426 e. The van der Waals surface area contributed by atoms with Gasteiger partial charge < -0.3 is 24.5 Å². The van der Waals surface area contributed by atoms with E-state index in [1.807, 2.05) is 18.2 Å². The maximum atomic E-state index is 12.5. The fourth-order valence-electron chi connectivity index (χ4n) is 3.63. The Morgan fingerprint density at radius 3 is 2.65 bits per heavy atom. The standard InChI is InChI=1S/C19H20N2O5/c1-11(22)20-17-16(13-9-10-24-18(13)17)21-19(23)14-7-8-15(26-14)25-12-5-3-2-4-6-12/h2-8,13,16-18H,9-10H2,1H3,(H,20,22)(H,21,23)/t13-,16+,17-,18-/m1/s1. The molecule has 1 aliphatic carbocycles. The van der Waals surface area contributed by atoms with E-state index in [1.54, 1.807) is 24.3 Å². The molecular weight excluding hydrogens is 336 g/mol. The molecule has 7 heteroatoms. The third-order valence-corrected chi connectivity index (χ3v) is 4.82. The van der Waals surface area contributed by atoms with Crippen molar-refractivity contribution in [3.05, 3.63) is 48.2 Å². The first kappa shape index (κ1) is 16.7. The van der Waals surface area contributed by atoms with Gasteiger partial charge in [-0.2, -0.15) is 0 Å². The molecule has 1 aromatic heterocycles. The van der Waals surface area contributed by atoms with Gasteiger partial charge >= 0.3 is 0 Å². The first-order valence-electron chi connectivity index (χ1n) is 8.64. The van der Waals surface area contributed by atoms with Gasteiger partial charge in [0.25, 0.3) is 11.9 Å². The third-order valence-electron chi connectivity index (χ3n) is 4.82. The maximum absolute atomic E-state index is 12.5. The Morgan fingerprint density at radius 1 is 1.08 bits per heavy atom. The van der Waals surface area contributed by atoms with Gasteiger partial charge in [-0.15, -0.1) is 0 Å². The number of carbonyl (C=O) groups excluding carboxylic acids is 2. The van der Waals surface area contributed by atoms with Crippen LogP contribution < -0.4 is 15.4 Å². The Bertz CT molecular complexity index is 803. The van der Waals surface area contributed by atoms with Crippen molar-refractivity contribution in [1.29, 1.82) is 0 Å². The number of amides is 2. The largest absolute Gasteiger partial charge is 0.426 e. The van der Waals surface area contributed by atoms with Crippen LogP contribution in [0.5, 0.6) is 11.7 Å². The number of nitrogens with one attached hydrogen (secondary N) is 2. The highest BCUT2D eigenvalue weighted by Crippen LogP contribution is 2.39. The van der Waals surface area contributed by atoms with Crippen LogP contribution in [-0.4, -0.2) is 36.6 Å². The zero-order valence-electron chi connectivity index (χ0n) is 14.3. The molecule has 2 N–H and O–H groups in total. The number of ether oxygens (including phenoxy) is 2. The summed E-state index contributed by atoms with van der Waals surface area (Å²) in [7, 11) is 0. The van der Waals surface area contributed by atoms with Crippen molar-refractivity contribution in [2.24, 2.45) is 5.92 Å². The van der Waals surface area contributed by atoms with E-state index in [1.165, 1.54) is 6.92 Å². The lowest BCUT2D eigenvalue weighted by Gasteiger charge is -2.47. The summed E-state index contributed by atoms with van der Waals surface area (Å²) in [4.78, 5) is 23.9. The molecule has 136 valence electrons. The number of hydrogen-bond donors (Lipinski definition) is 2. The SMILES string of the molecule is CC(=O)N[C@@H]1[C@@H](NC(=O)c2ccc(Oc3ccccc3)o2)[C@H]2CCO[C@H]21. The Hall–Kier alpha value is -2.80. The molecular formula is C19H20N2O5. The molecule has 4 atom stereocenters. The predicted octanol–water partition coefficient (Wildman–Crippen LogP) is 2.09. The molecule has 0 radical (unpaired) electrons. The Labute approximate surface area is 150 Å². The van der Waals surface area contributed by atoms with Crippen molar-refractivity contribution in [2.45, 2.75) is 31.5 Å². The predicted molar refractivity (Wildman–Crippen MR) is 91.9 cm³/mol. The molecule has 0 unspecified atom stereocenters. The second-order valence-electron chi connectivity index (χ2n) is 6.55. The van der Waals surface area contributed by atoms with Crippen LogP contribution in [0.2, 0.25) is 0 Å². The van der Waals surface area contributed by atoms with Gasteiger partial charge in [-0.25, -0.2) is 0 Å². The molecule has 1 saturated heterocycles. The number of furan rings is 1. The van der Waals surface area contributed by atoms with Crippen molar-refractivity contribution < 1.29 is 23.5 Å². The first-order chi connectivity index (χ1) is 12.6. The minimum atomic E-state index is -0.335. The lowest BCUT2D eigenvalue weighted by Crippen LogP contribution is -2.70. The highest BCUT2D eigenvalue weighted by molar-refractivity contribution is 5.92. The number of hydrogen-bond acceptors (Lipinski definition) is 5. The smallest absolute Gasteiger partial charge is 0.290 e. The highest BCUT2D eigenvalue weighted by atomic mass is 16.6. The van der Waals surface area contributed by atoms with E-state index in [4.69, 9.17) is 13.9 Å². The van der Waals surface area contributed by atoms with Crippen LogP contribution in [0.3, 0.4) is 0 Å². The van der Waals surface area contributed by atoms with Gasteiger partial charge in [0.1, 0.15) is 5.75 Å². The molecule has 2 fully saturated rings. The Kier molecular flexibility index (Phi) is 4.38. The van der Waals surface area contributed by atoms with Gasteiger partial charge in [0.15, 0.2) is 5.76 Å². The fourth-order valence-corrected chi connectivity index (χ4v) is 3.63. The quantitative estimate of drug-likeness (QED) is 0.856. The molecule has 1 aliphatic heterocycles. The number of rotatable bonds is 5. The summed E-state index contributed by atoms with van der Waals surface area (Å²) in [6, 6.07) is 12.0. The molecule has 0 bridgehead atoms. The normalized spacial score (nSPS) is 26.5. The van der Waals surface area contributed by atoms with E-state index in [-0.39, 0.29) is 47.6 Å². The third kappa shape index (κ3) is 3.17. The van der Waals surface area contributed by atoms with Gasteiger partial charge in [-0.05, 0) is 24.6 Å². The molecule has 1 saturated carbocycles. The van der Waals surface area contributed by atoms with E-state index >= 15 is 0 Å². The van der Waals surface area contributed by atoms with Crippen LogP contribution in [0.25, 0.3) is 0 Å². The first-order valence-corrected chi connectivity index (χ1v) is 8.64. The average Bonchev–Trinajstić information content (AvgIpc) is 3.26. The van der Waals surface area contributed by atoms with Gasteiger partial charge in [0.05, 0.1) is 18.2 Å². The zero-order valence-corrected chi connectivity index (χ0v) is 14.3. The van der Waals surface area contributed by atoms with Gasteiger partial charge in [0, 0.05) is 25.5 Å². The molecule has 0 spiro atoms. The Morgan fingerprint density at radius 2 is 1.88 bits per heavy atom. The molecule has 26 heavy (non-hydrogen) atoms. The summed E-state index contributed by atoms with van der Waals surface area (Å²) in [5, 5.41) is 5.82. The number of carbonyl (C=O) groups is 2. The van der Waals surface area contributed by atoms with Crippen LogP contribution >= 0.6 is 0 Å². The minimum absolute atomic E-state index is 0.0298. The van der Waals surface area contributed by atoms with Gasteiger partial charge in [-0.3, -0.25) is 9.59 Å². The summed E-state index contributed by atoms with van der Waals surface area (Å²) >= 11 is 0. The summed E-state index contributed by atoms with van der Waals surface area (Å²) in [6.45, 7) is 2.11. The Balaban J connectivity index is 1.41. The van der Waals surface area contributed by atoms with E-state index in [0.29, 0.717) is 12.4 Å². The van der Waals surface area contributed by atoms with Crippen LogP contribution in [0.4, 0.5) is 0 Å². The van der Waals surface area contributed by atoms with Crippen LogP contribution in [0.15, 0.2) is 46.9 Å². The zero-order chi connectivity index (χ0) is 18.1. The van der Waals surface area contributed by atoms with Crippen molar-refractivity contribution >= 4 is 11.8 Å².